The van der Waals surface area contributed by atoms with E-state index in [2.05, 4.69) is 62.0 Å². The van der Waals surface area contributed by atoms with E-state index in [0.29, 0.717) is 6.04 Å². The lowest BCUT2D eigenvalue weighted by Crippen LogP contribution is -2.18. The molecule has 0 saturated heterocycles. The van der Waals surface area contributed by atoms with Crippen LogP contribution in [0.2, 0.25) is 0 Å². The molecule has 2 heteroatoms. The third-order valence-electron chi connectivity index (χ3n) is 3.30. The lowest BCUT2D eigenvalue weighted by Gasteiger charge is -2.15. The predicted octanol–water partition coefficient (Wildman–Crippen LogP) is 4.52. The van der Waals surface area contributed by atoms with Gasteiger partial charge in [-0.15, -0.1) is 0 Å². The van der Waals surface area contributed by atoms with Crippen LogP contribution >= 0.6 is 11.3 Å². The van der Waals surface area contributed by atoms with E-state index in [9.17, 15) is 0 Å². The number of hydrogen-bond acceptors (Lipinski definition) is 2. The van der Waals surface area contributed by atoms with Crippen molar-refractivity contribution in [1.29, 1.82) is 0 Å². The molecule has 1 atom stereocenters. The molecule has 0 spiro atoms. The van der Waals surface area contributed by atoms with Crippen LogP contribution in [-0.4, -0.2) is 0 Å². The second-order valence-electron chi connectivity index (χ2n) is 5.10. The van der Waals surface area contributed by atoms with Crippen LogP contribution in [0.3, 0.4) is 0 Å². The number of benzene rings is 1. The molecule has 0 bridgehead atoms. The van der Waals surface area contributed by atoms with Gasteiger partial charge in [0, 0.05) is 12.6 Å². The molecule has 18 heavy (non-hydrogen) atoms. The van der Waals surface area contributed by atoms with Gasteiger partial charge in [-0.1, -0.05) is 29.3 Å². The summed E-state index contributed by atoms with van der Waals surface area (Å²) in [4.78, 5) is 0. The second-order valence-corrected chi connectivity index (χ2v) is 5.85. The molecule has 1 heterocycles. The van der Waals surface area contributed by atoms with Crippen LogP contribution in [0.1, 0.15) is 40.8 Å². The van der Waals surface area contributed by atoms with Crippen molar-refractivity contribution in [3.63, 3.8) is 0 Å². The zero-order chi connectivity index (χ0) is 13.1. The zero-order valence-electron chi connectivity index (χ0n) is 11.6. The van der Waals surface area contributed by atoms with Crippen molar-refractivity contribution in [2.45, 2.75) is 40.3 Å². The molecule has 1 unspecified atom stereocenters. The van der Waals surface area contributed by atoms with E-state index in [0.717, 1.165) is 6.54 Å². The van der Waals surface area contributed by atoms with E-state index in [1.54, 1.807) is 11.3 Å². The molecular weight excluding hydrogens is 238 g/mol. The average molecular weight is 259 g/mol. The molecule has 1 aromatic heterocycles. The van der Waals surface area contributed by atoms with Crippen molar-refractivity contribution in [1.82, 2.24) is 5.32 Å². The normalized spacial score (nSPS) is 12.7. The zero-order valence-corrected chi connectivity index (χ0v) is 12.4. The first-order chi connectivity index (χ1) is 8.56. The molecule has 0 aliphatic carbocycles. The van der Waals surface area contributed by atoms with Crippen LogP contribution in [0.15, 0.2) is 29.0 Å². The highest BCUT2D eigenvalue weighted by Gasteiger charge is 2.07. The molecule has 0 saturated carbocycles. The van der Waals surface area contributed by atoms with Gasteiger partial charge in [0.1, 0.15) is 0 Å². The van der Waals surface area contributed by atoms with E-state index in [4.69, 9.17) is 0 Å². The van der Waals surface area contributed by atoms with Gasteiger partial charge in [-0.3, -0.25) is 0 Å². The van der Waals surface area contributed by atoms with Crippen molar-refractivity contribution >= 4 is 11.3 Å². The summed E-state index contributed by atoms with van der Waals surface area (Å²) in [5, 5.41) is 8.04. The molecule has 1 N–H and O–H groups in total. The molecule has 1 aromatic carbocycles. The Morgan fingerprint density at radius 2 is 1.72 bits per heavy atom. The van der Waals surface area contributed by atoms with Crippen molar-refractivity contribution in [2.75, 3.05) is 0 Å². The molecule has 0 amide bonds. The standard InChI is InChI=1S/C16H21NS/c1-11-5-12(2)7-15(6-11)14(4)17-8-16-10-18-9-13(16)3/h5-7,9-10,14,17H,8H2,1-4H3. The summed E-state index contributed by atoms with van der Waals surface area (Å²) in [5.41, 5.74) is 6.85. The van der Waals surface area contributed by atoms with Crippen LogP contribution in [-0.2, 0) is 6.54 Å². The van der Waals surface area contributed by atoms with Gasteiger partial charge < -0.3 is 5.32 Å². The Morgan fingerprint density at radius 3 is 2.28 bits per heavy atom. The fraction of sp³-hybridized carbons (Fsp3) is 0.375. The van der Waals surface area contributed by atoms with Crippen molar-refractivity contribution in [2.24, 2.45) is 0 Å². The van der Waals surface area contributed by atoms with E-state index in [1.165, 1.54) is 27.8 Å². The van der Waals surface area contributed by atoms with Gasteiger partial charge in [-0.2, -0.15) is 11.3 Å². The molecule has 0 fully saturated rings. The minimum Gasteiger partial charge on any atom is -0.306 e. The Morgan fingerprint density at radius 1 is 1.06 bits per heavy atom. The summed E-state index contributed by atoms with van der Waals surface area (Å²) in [6.45, 7) is 9.67. The van der Waals surface area contributed by atoms with E-state index >= 15 is 0 Å². The maximum atomic E-state index is 3.60. The number of thiophene rings is 1. The Kier molecular flexibility index (Phi) is 4.20. The van der Waals surface area contributed by atoms with Crippen LogP contribution in [0.25, 0.3) is 0 Å². The van der Waals surface area contributed by atoms with Gasteiger partial charge >= 0.3 is 0 Å². The van der Waals surface area contributed by atoms with Crippen molar-refractivity contribution in [3.8, 4) is 0 Å². The topological polar surface area (TPSA) is 12.0 Å². The quantitative estimate of drug-likeness (QED) is 0.851. The Labute approximate surface area is 114 Å². The number of rotatable bonds is 4. The molecular formula is C16H21NS. The Bertz CT molecular complexity index is 507. The van der Waals surface area contributed by atoms with E-state index < -0.39 is 0 Å². The summed E-state index contributed by atoms with van der Waals surface area (Å²) < 4.78 is 0. The predicted molar refractivity (Wildman–Crippen MR) is 80.2 cm³/mol. The molecule has 1 nitrogen and oxygen atoms in total. The highest BCUT2D eigenvalue weighted by molar-refractivity contribution is 7.08. The van der Waals surface area contributed by atoms with Crippen molar-refractivity contribution in [3.05, 3.63) is 56.8 Å². The van der Waals surface area contributed by atoms with Crippen LogP contribution in [0.5, 0.6) is 0 Å². The maximum absolute atomic E-state index is 3.60. The number of nitrogens with one attached hydrogen (secondary N) is 1. The van der Waals surface area contributed by atoms with Gasteiger partial charge in [0.2, 0.25) is 0 Å². The summed E-state index contributed by atoms with van der Waals surface area (Å²) in [6.07, 6.45) is 0. The molecule has 0 aliphatic rings. The Hall–Kier alpha value is -1.12. The van der Waals surface area contributed by atoms with Gasteiger partial charge in [0.15, 0.2) is 0 Å². The SMILES string of the molecule is Cc1cc(C)cc(C(C)NCc2cscc2C)c1. The maximum Gasteiger partial charge on any atom is 0.0295 e. The highest BCUT2D eigenvalue weighted by atomic mass is 32.1. The van der Waals surface area contributed by atoms with Gasteiger partial charge in [0.05, 0.1) is 0 Å². The summed E-state index contributed by atoms with van der Waals surface area (Å²) in [7, 11) is 0. The number of hydrogen-bond donors (Lipinski definition) is 1. The smallest absolute Gasteiger partial charge is 0.0295 e. The summed E-state index contributed by atoms with van der Waals surface area (Å²) in [5.74, 6) is 0. The first-order valence-corrected chi connectivity index (χ1v) is 7.34. The molecule has 96 valence electrons. The lowest BCUT2D eigenvalue weighted by molar-refractivity contribution is 0.573. The van der Waals surface area contributed by atoms with Gasteiger partial charge in [-0.05, 0) is 55.1 Å². The lowest BCUT2D eigenvalue weighted by atomic mass is 10.0. The third kappa shape index (κ3) is 3.21. The highest BCUT2D eigenvalue weighted by Crippen LogP contribution is 2.19. The first kappa shape index (κ1) is 13.3. The second kappa shape index (κ2) is 5.68. The average Bonchev–Trinajstić information content (AvgIpc) is 2.70. The molecule has 2 aromatic rings. The van der Waals surface area contributed by atoms with Gasteiger partial charge in [0.25, 0.3) is 0 Å². The summed E-state index contributed by atoms with van der Waals surface area (Å²) in [6, 6.07) is 7.15. The van der Waals surface area contributed by atoms with Crippen LogP contribution in [0.4, 0.5) is 0 Å². The summed E-state index contributed by atoms with van der Waals surface area (Å²) >= 11 is 1.78. The van der Waals surface area contributed by atoms with Crippen LogP contribution in [0, 0.1) is 20.8 Å². The minimum absolute atomic E-state index is 0.392. The van der Waals surface area contributed by atoms with Gasteiger partial charge in [-0.25, -0.2) is 0 Å². The molecule has 0 radical (unpaired) electrons. The van der Waals surface area contributed by atoms with E-state index in [-0.39, 0.29) is 0 Å². The van der Waals surface area contributed by atoms with E-state index in [1.807, 2.05) is 0 Å². The fourth-order valence-electron chi connectivity index (χ4n) is 2.21. The largest absolute Gasteiger partial charge is 0.306 e. The molecule has 2 rings (SSSR count). The Balaban J connectivity index is 2.03. The van der Waals surface area contributed by atoms with Crippen LogP contribution < -0.4 is 5.32 Å². The fourth-order valence-corrected chi connectivity index (χ4v) is 3.07. The molecule has 0 aliphatic heterocycles. The number of aryl methyl sites for hydroxylation is 3. The monoisotopic (exact) mass is 259 g/mol. The third-order valence-corrected chi connectivity index (χ3v) is 4.21. The minimum atomic E-state index is 0.392. The van der Waals surface area contributed by atoms with Crippen molar-refractivity contribution < 1.29 is 0 Å². The first-order valence-electron chi connectivity index (χ1n) is 6.39.